The van der Waals surface area contributed by atoms with Gasteiger partial charge in [0.25, 0.3) is 0 Å². The maximum absolute atomic E-state index is 13.8. The van der Waals surface area contributed by atoms with Gasteiger partial charge in [0.15, 0.2) is 29.0 Å². The van der Waals surface area contributed by atoms with E-state index < -0.39 is 11.6 Å². The van der Waals surface area contributed by atoms with Crippen molar-refractivity contribution in [3.63, 3.8) is 0 Å². The zero-order valence-corrected chi connectivity index (χ0v) is 18.2. The maximum Gasteiger partial charge on any atom is 0.180 e. The number of aromatic nitrogens is 6. The van der Waals surface area contributed by atoms with Crippen molar-refractivity contribution in [2.45, 2.75) is 32.2 Å². The zero-order chi connectivity index (χ0) is 22.9. The lowest BCUT2D eigenvalue weighted by molar-refractivity contribution is 0.410. The molecule has 1 unspecified atom stereocenters. The molecule has 4 aromatic rings. The van der Waals surface area contributed by atoms with Gasteiger partial charge in [-0.05, 0) is 61.2 Å². The van der Waals surface area contributed by atoms with Gasteiger partial charge in [0, 0.05) is 24.9 Å². The average Bonchev–Trinajstić information content (AvgIpc) is 3.45. The second-order valence-corrected chi connectivity index (χ2v) is 7.97. The van der Waals surface area contributed by atoms with E-state index in [0.717, 1.165) is 42.5 Å². The van der Waals surface area contributed by atoms with Crippen LogP contribution in [0.5, 0.6) is 5.75 Å². The van der Waals surface area contributed by atoms with Crippen molar-refractivity contribution in [3.8, 4) is 11.6 Å². The number of nitrogens with zero attached hydrogens (tertiary/aromatic N) is 6. The van der Waals surface area contributed by atoms with Crippen LogP contribution < -0.4 is 4.74 Å². The van der Waals surface area contributed by atoms with E-state index in [0.29, 0.717) is 23.0 Å². The van der Waals surface area contributed by atoms with Crippen molar-refractivity contribution in [3.05, 3.63) is 83.1 Å². The molecular weight excluding hydrogens is 426 g/mol. The number of benzene rings is 1. The molecule has 3 aromatic heterocycles. The van der Waals surface area contributed by atoms with Crippen LogP contribution in [0.3, 0.4) is 0 Å². The summed E-state index contributed by atoms with van der Waals surface area (Å²) in [7, 11) is 1.60. The van der Waals surface area contributed by atoms with Gasteiger partial charge in [0.1, 0.15) is 12.2 Å². The monoisotopic (exact) mass is 448 g/mol. The van der Waals surface area contributed by atoms with E-state index in [2.05, 4.69) is 20.1 Å². The largest absolute Gasteiger partial charge is 0.493 e. The Hall–Kier alpha value is -3.88. The van der Waals surface area contributed by atoms with Crippen molar-refractivity contribution in [1.29, 1.82) is 0 Å². The highest BCUT2D eigenvalue weighted by Gasteiger charge is 2.26. The summed E-state index contributed by atoms with van der Waals surface area (Å²) < 4.78 is 36.3. The fraction of sp³-hybridized carbons (Fsp3) is 0.250. The molecule has 0 N–H and O–H groups in total. The summed E-state index contributed by atoms with van der Waals surface area (Å²) in [6.07, 6.45) is 10.7. The third kappa shape index (κ3) is 4.13. The molecule has 0 fully saturated rings. The van der Waals surface area contributed by atoms with Gasteiger partial charge in [-0.3, -0.25) is 4.57 Å². The number of methoxy groups -OCH3 is 1. The highest BCUT2D eigenvalue weighted by atomic mass is 19.2. The van der Waals surface area contributed by atoms with Gasteiger partial charge < -0.3 is 4.74 Å². The van der Waals surface area contributed by atoms with Crippen molar-refractivity contribution in [1.82, 2.24) is 29.3 Å². The molecule has 33 heavy (non-hydrogen) atoms. The summed E-state index contributed by atoms with van der Waals surface area (Å²) in [5.41, 5.74) is 2.42. The fourth-order valence-corrected chi connectivity index (χ4v) is 4.08. The standard InChI is InChI=1S/C24H22F2N6O/c1-15-13-31(14-28-15)24-21(33-2)10-16(12-27-24)5-8-22-29-23-18(4-3-9-32(23)30-22)17-6-7-19(25)20(26)11-17/h5-8,10-14,18H,3-4,9H2,1-2H3/b8-5+. The fourth-order valence-electron chi connectivity index (χ4n) is 4.08. The minimum absolute atomic E-state index is 0.122. The Kier molecular flexibility index (Phi) is 5.45. The van der Waals surface area contributed by atoms with Crippen LogP contribution in [0.15, 0.2) is 43.0 Å². The highest BCUT2D eigenvalue weighted by molar-refractivity contribution is 5.67. The third-order valence-electron chi connectivity index (χ3n) is 5.69. The molecule has 0 saturated carbocycles. The predicted molar refractivity (Wildman–Crippen MR) is 119 cm³/mol. The molecule has 4 heterocycles. The molecule has 0 aliphatic carbocycles. The first-order chi connectivity index (χ1) is 16.0. The number of rotatable bonds is 5. The van der Waals surface area contributed by atoms with E-state index >= 15 is 0 Å². The molecule has 168 valence electrons. The molecule has 1 aromatic carbocycles. The maximum atomic E-state index is 13.8. The van der Waals surface area contributed by atoms with Gasteiger partial charge in [0.05, 0.1) is 12.8 Å². The number of ether oxygens (including phenoxy) is 1. The highest BCUT2D eigenvalue weighted by Crippen LogP contribution is 2.33. The number of fused-ring (bicyclic) bond motifs is 1. The predicted octanol–water partition coefficient (Wildman–Crippen LogP) is 4.55. The summed E-state index contributed by atoms with van der Waals surface area (Å²) in [6, 6.07) is 5.91. The molecule has 7 nitrogen and oxygen atoms in total. The minimum Gasteiger partial charge on any atom is -0.493 e. The van der Waals surface area contributed by atoms with Crippen molar-refractivity contribution < 1.29 is 13.5 Å². The molecule has 0 amide bonds. The number of hydrogen-bond acceptors (Lipinski definition) is 5. The summed E-state index contributed by atoms with van der Waals surface area (Å²) in [5, 5.41) is 4.58. The summed E-state index contributed by atoms with van der Waals surface area (Å²) in [5.74, 6) is 0.757. The topological polar surface area (TPSA) is 70.7 Å². The molecule has 1 atom stereocenters. The normalized spacial score (nSPS) is 15.7. The van der Waals surface area contributed by atoms with Crippen molar-refractivity contribution in [2.75, 3.05) is 7.11 Å². The first-order valence-corrected chi connectivity index (χ1v) is 10.6. The molecule has 1 aliphatic heterocycles. The Bertz CT molecular complexity index is 1340. The van der Waals surface area contributed by atoms with E-state index in [1.54, 1.807) is 25.7 Å². The minimum atomic E-state index is -0.849. The summed E-state index contributed by atoms with van der Waals surface area (Å²) in [6.45, 7) is 2.65. The summed E-state index contributed by atoms with van der Waals surface area (Å²) >= 11 is 0. The van der Waals surface area contributed by atoms with Crippen LogP contribution >= 0.6 is 0 Å². The van der Waals surface area contributed by atoms with E-state index in [1.807, 2.05) is 40.6 Å². The lowest BCUT2D eigenvalue weighted by atomic mass is 9.91. The van der Waals surface area contributed by atoms with E-state index in [9.17, 15) is 8.78 Å². The molecule has 0 spiro atoms. The van der Waals surface area contributed by atoms with Gasteiger partial charge in [-0.2, -0.15) is 5.10 Å². The number of halogens is 2. The number of imidazole rings is 1. The number of pyridine rings is 1. The number of hydrogen-bond donors (Lipinski definition) is 0. The van der Waals surface area contributed by atoms with Gasteiger partial charge in [0.2, 0.25) is 0 Å². The molecule has 0 saturated heterocycles. The Labute approximate surface area is 189 Å². The molecule has 0 radical (unpaired) electrons. The van der Waals surface area contributed by atoms with Crippen molar-refractivity contribution >= 4 is 12.2 Å². The molecule has 9 heteroatoms. The van der Waals surface area contributed by atoms with Gasteiger partial charge in [-0.15, -0.1) is 0 Å². The lowest BCUT2D eigenvalue weighted by Crippen LogP contribution is -2.18. The molecule has 5 rings (SSSR count). The zero-order valence-electron chi connectivity index (χ0n) is 18.2. The SMILES string of the molecule is COc1cc(/C=C/c2nc3n(n2)CCCC3c2ccc(F)c(F)c2)cnc1-n1cnc(C)c1. The molecule has 1 aliphatic rings. The van der Waals surface area contributed by atoms with E-state index in [4.69, 9.17) is 4.74 Å². The third-order valence-corrected chi connectivity index (χ3v) is 5.69. The smallest absolute Gasteiger partial charge is 0.180 e. The van der Waals surface area contributed by atoms with Gasteiger partial charge >= 0.3 is 0 Å². The van der Waals surface area contributed by atoms with Crippen LogP contribution in [0.1, 0.15) is 47.2 Å². The van der Waals surface area contributed by atoms with Crippen LogP contribution in [-0.2, 0) is 6.54 Å². The second kappa shape index (κ2) is 8.57. The lowest BCUT2D eigenvalue weighted by Gasteiger charge is -2.22. The first-order valence-electron chi connectivity index (χ1n) is 10.6. The van der Waals surface area contributed by atoms with Crippen LogP contribution in [0.4, 0.5) is 8.78 Å². The number of aryl methyl sites for hydroxylation is 2. The van der Waals surface area contributed by atoms with Gasteiger partial charge in [-0.25, -0.2) is 28.4 Å². The Balaban J connectivity index is 1.41. The van der Waals surface area contributed by atoms with E-state index in [1.165, 1.54) is 6.07 Å². The van der Waals surface area contributed by atoms with Crippen LogP contribution in [0.2, 0.25) is 0 Å². The quantitative estimate of drug-likeness (QED) is 0.448. The molecule has 0 bridgehead atoms. The second-order valence-electron chi connectivity index (χ2n) is 7.97. The van der Waals surface area contributed by atoms with Crippen LogP contribution in [-0.4, -0.2) is 36.4 Å². The van der Waals surface area contributed by atoms with Crippen LogP contribution in [0, 0.1) is 18.6 Å². The van der Waals surface area contributed by atoms with Crippen LogP contribution in [0.25, 0.3) is 18.0 Å². The molecular formula is C24H22F2N6O. The Morgan fingerprint density at radius 2 is 2.00 bits per heavy atom. The van der Waals surface area contributed by atoms with Crippen molar-refractivity contribution in [2.24, 2.45) is 0 Å². The summed E-state index contributed by atoms with van der Waals surface area (Å²) in [4.78, 5) is 13.4. The average molecular weight is 448 g/mol. The van der Waals surface area contributed by atoms with Gasteiger partial charge in [-0.1, -0.05) is 6.07 Å². The van der Waals surface area contributed by atoms with E-state index in [-0.39, 0.29) is 5.92 Å². The Morgan fingerprint density at radius 3 is 2.76 bits per heavy atom. The Morgan fingerprint density at radius 1 is 1.12 bits per heavy atom. The first kappa shape index (κ1) is 21.0.